The number of hydrogen-bond acceptors (Lipinski definition) is 4. The minimum Gasteiger partial charge on any atom is -0.307 e. The minimum absolute atomic E-state index is 0.119. The second-order valence-electron chi connectivity index (χ2n) is 8.46. The van der Waals surface area contributed by atoms with Gasteiger partial charge in [0, 0.05) is 18.8 Å². The highest BCUT2D eigenvalue weighted by molar-refractivity contribution is 7.90. The largest absolute Gasteiger partial charge is 0.332 e. The quantitative estimate of drug-likeness (QED) is 0.656. The van der Waals surface area contributed by atoms with Gasteiger partial charge in [0.15, 0.2) is 0 Å². The van der Waals surface area contributed by atoms with E-state index >= 15 is 0 Å². The van der Waals surface area contributed by atoms with Crippen LogP contribution in [0, 0.1) is 0 Å². The number of rotatable bonds is 8. The Kier molecular flexibility index (Phi) is 6.62. The molecule has 4 rings (SSSR count). The van der Waals surface area contributed by atoms with Gasteiger partial charge in [-0.05, 0) is 72.9 Å². The maximum atomic E-state index is 12.6. The van der Waals surface area contributed by atoms with E-state index in [1.807, 2.05) is 37.3 Å². The average molecular weight is 442 g/mol. The number of anilines is 1. The molecule has 2 aliphatic carbocycles. The first kappa shape index (κ1) is 21.8. The molecule has 0 bridgehead atoms. The molecule has 0 aliphatic heterocycles. The van der Waals surface area contributed by atoms with Crippen LogP contribution < -0.4 is 10.0 Å². The van der Waals surface area contributed by atoms with Crippen molar-refractivity contribution < 1.29 is 13.2 Å². The lowest BCUT2D eigenvalue weighted by atomic mass is 9.99. The smallest absolute Gasteiger partial charge is 0.307 e. The standard InChI is InChI=1S/C24H31N3O3S/c1-2-27(17-18-8-4-3-5-9-18)14-15-31(29,30)26-24(28)25-23-21-12-6-10-19(21)16-20-11-7-13-22(20)23/h3-5,8-9,16H,2,6-7,10-15,17H2,1H3,(H2,25,26,28). The van der Waals surface area contributed by atoms with Crippen molar-refractivity contribution in [1.29, 1.82) is 0 Å². The van der Waals surface area contributed by atoms with Crippen LogP contribution in [0.5, 0.6) is 0 Å². The zero-order valence-electron chi connectivity index (χ0n) is 18.1. The molecule has 0 unspecified atom stereocenters. The lowest BCUT2D eigenvalue weighted by Crippen LogP contribution is -2.39. The van der Waals surface area contributed by atoms with Gasteiger partial charge < -0.3 is 5.32 Å². The molecule has 0 saturated heterocycles. The number of fused-ring (bicyclic) bond motifs is 2. The molecule has 2 amide bonds. The first-order valence-corrected chi connectivity index (χ1v) is 12.8. The van der Waals surface area contributed by atoms with Crippen LogP contribution in [0.2, 0.25) is 0 Å². The number of nitrogens with one attached hydrogen (secondary N) is 2. The number of nitrogens with zero attached hydrogens (tertiary/aromatic N) is 1. The molecule has 31 heavy (non-hydrogen) atoms. The first-order chi connectivity index (χ1) is 14.9. The van der Waals surface area contributed by atoms with Gasteiger partial charge in [-0.15, -0.1) is 0 Å². The molecule has 0 fully saturated rings. The zero-order valence-corrected chi connectivity index (χ0v) is 18.9. The summed E-state index contributed by atoms with van der Waals surface area (Å²) in [5.41, 5.74) is 6.98. The fraction of sp³-hybridized carbons (Fsp3) is 0.458. The lowest BCUT2D eigenvalue weighted by molar-refractivity contribution is 0.256. The molecule has 2 aromatic rings. The molecular formula is C24H31N3O3S. The molecule has 166 valence electrons. The maximum absolute atomic E-state index is 12.6. The number of aryl methyl sites for hydroxylation is 2. The van der Waals surface area contributed by atoms with E-state index in [4.69, 9.17) is 0 Å². The molecular weight excluding hydrogens is 410 g/mol. The van der Waals surface area contributed by atoms with Crippen LogP contribution >= 0.6 is 0 Å². The molecule has 6 nitrogen and oxygen atoms in total. The van der Waals surface area contributed by atoms with E-state index in [1.54, 1.807) is 0 Å². The highest BCUT2D eigenvalue weighted by atomic mass is 32.2. The van der Waals surface area contributed by atoms with Crippen molar-refractivity contribution in [3.8, 4) is 0 Å². The van der Waals surface area contributed by atoms with Gasteiger partial charge in [0.05, 0.1) is 5.75 Å². The van der Waals surface area contributed by atoms with Gasteiger partial charge in [0.1, 0.15) is 0 Å². The van der Waals surface area contributed by atoms with Gasteiger partial charge in [-0.25, -0.2) is 17.9 Å². The zero-order chi connectivity index (χ0) is 21.8. The molecule has 0 saturated carbocycles. The summed E-state index contributed by atoms with van der Waals surface area (Å²) in [6, 6.07) is 11.6. The average Bonchev–Trinajstić information content (AvgIpc) is 3.40. The van der Waals surface area contributed by atoms with Crippen molar-refractivity contribution in [3.63, 3.8) is 0 Å². The molecule has 0 aromatic heterocycles. The summed E-state index contributed by atoms with van der Waals surface area (Å²) in [6.07, 6.45) is 6.12. The monoisotopic (exact) mass is 441 g/mol. The summed E-state index contributed by atoms with van der Waals surface area (Å²) < 4.78 is 27.4. The predicted molar refractivity (Wildman–Crippen MR) is 124 cm³/mol. The third-order valence-corrected chi connectivity index (χ3v) is 7.55. The Bertz CT molecular complexity index is 1020. The van der Waals surface area contributed by atoms with Crippen LogP contribution in [0.15, 0.2) is 36.4 Å². The van der Waals surface area contributed by atoms with Crippen molar-refractivity contribution in [2.45, 2.75) is 52.0 Å². The highest BCUT2D eigenvalue weighted by Crippen LogP contribution is 2.38. The molecule has 0 spiro atoms. The molecule has 0 heterocycles. The Morgan fingerprint density at radius 2 is 1.65 bits per heavy atom. The van der Waals surface area contributed by atoms with Crippen LogP contribution in [-0.4, -0.2) is 38.2 Å². The Balaban J connectivity index is 1.37. The summed E-state index contributed by atoms with van der Waals surface area (Å²) in [7, 11) is -3.73. The number of sulfonamides is 1. The second-order valence-corrected chi connectivity index (χ2v) is 10.3. The second kappa shape index (κ2) is 9.40. The molecule has 2 N–H and O–H groups in total. The molecule has 2 aliphatic rings. The summed E-state index contributed by atoms with van der Waals surface area (Å²) in [5.74, 6) is -0.119. The number of carbonyl (C=O) groups excluding carboxylic acids is 1. The maximum Gasteiger partial charge on any atom is 0.332 e. The normalized spacial score (nSPS) is 15.0. The number of amides is 2. The summed E-state index contributed by atoms with van der Waals surface area (Å²) in [4.78, 5) is 14.7. The third kappa shape index (κ3) is 5.28. The molecule has 0 radical (unpaired) electrons. The Morgan fingerprint density at radius 3 is 2.26 bits per heavy atom. The number of urea groups is 1. The molecule has 7 heteroatoms. The van der Waals surface area contributed by atoms with E-state index in [0.717, 1.165) is 56.3 Å². The number of hydrogen-bond donors (Lipinski definition) is 2. The van der Waals surface area contributed by atoms with Crippen LogP contribution in [0.1, 0.15) is 47.6 Å². The third-order valence-electron chi connectivity index (χ3n) is 6.33. The Labute approximate surface area is 185 Å². The van der Waals surface area contributed by atoms with E-state index in [9.17, 15) is 13.2 Å². The SMILES string of the molecule is CCN(CCS(=O)(=O)NC(=O)Nc1c2c(cc3c1CCC3)CCC2)Cc1ccccc1. The topological polar surface area (TPSA) is 78.5 Å². The van der Waals surface area contributed by atoms with Crippen molar-refractivity contribution >= 4 is 21.7 Å². The van der Waals surface area contributed by atoms with Gasteiger partial charge in [0.2, 0.25) is 10.0 Å². The van der Waals surface area contributed by atoms with Crippen molar-refractivity contribution in [3.05, 3.63) is 64.2 Å². The van der Waals surface area contributed by atoms with Gasteiger partial charge >= 0.3 is 6.03 Å². The van der Waals surface area contributed by atoms with E-state index in [1.165, 1.54) is 22.3 Å². The van der Waals surface area contributed by atoms with E-state index in [-0.39, 0.29) is 5.75 Å². The minimum atomic E-state index is -3.73. The Hall–Kier alpha value is -2.38. The van der Waals surface area contributed by atoms with Crippen molar-refractivity contribution in [2.24, 2.45) is 0 Å². The highest BCUT2D eigenvalue weighted by Gasteiger charge is 2.26. The Morgan fingerprint density at radius 1 is 1.00 bits per heavy atom. The van der Waals surface area contributed by atoms with E-state index < -0.39 is 16.1 Å². The van der Waals surface area contributed by atoms with Crippen LogP contribution in [-0.2, 0) is 42.3 Å². The van der Waals surface area contributed by atoms with Gasteiger partial charge in [-0.1, -0.05) is 43.3 Å². The fourth-order valence-corrected chi connectivity index (χ4v) is 5.67. The first-order valence-electron chi connectivity index (χ1n) is 11.2. The summed E-state index contributed by atoms with van der Waals surface area (Å²) in [5, 5.41) is 2.90. The number of benzene rings is 2. The van der Waals surface area contributed by atoms with Gasteiger partial charge in [-0.3, -0.25) is 4.90 Å². The fourth-order valence-electron chi connectivity index (χ4n) is 4.74. The van der Waals surface area contributed by atoms with Crippen molar-refractivity contribution in [2.75, 3.05) is 24.2 Å². The number of carbonyl (C=O) groups is 1. The van der Waals surface area contributed by atoms with Crippen LogP contribution in [0.3, 0.4) is 0 Å². The summed E-state index contributed by atoms with van der Waals surface area (Å²) >= 11 is 0. The van der Waals surface area contributed by atoms with Crippen molar-refractivity contribution in [1.82, 2.24) is 9.62 Å². The van der Waals surface area contributed by atoms with E-state index in [0.29, 0.717) is 13.1 Å². The van der Waals surface area contributed by atoms with Gasteiger partial charge in [0.25, 0.3) is 0 Å². The predicted octanol–water partition coefficient (Wildman–Crippen LogP) is 3.64. The van der Waals surface area contributed by atoms with E-state index in [2.05, 4.69) is 21.0 Å². The van der Waals surface area contributed by atoms with Crippen LogP contribution in [0.4, 0.5) is 10.5 Å². The lowest BCUT2D eigenvalue weighted by Gasteiger charge is -2.21. The molecule has 2 aromatic carbocycles. The summed E-state index contributed by atoms with van der Waals surface area (Å²) in [6.45, 7) is 3.79. The van der Waals surface area contributed by atoms with Crippen LogP contribution in [0.25, 0.3) is 0 Å². The van der Waals surface area contributed by atoms with Gasteiger partial charge in [-0.2, -0.15) is 0 Å². The molecule has 0 atom stereocenters.